The zero-order valence-corrected chi connectivity index (χ0v) is 11.6. The van der Waals surface area contributed by atoms with Crippen LogP contribution in [0.4, 0.5) is 0 Å². The number of hydrogen-bond acceptors (Lipinski definition) is 2. The zero-order chi connectivity index (χ0) is 13.1. The normalized spacial score (nSPS) is 10.9. The third-order valence-electron chi connectivity index (χ3n) is 3.35. The second-order valence-electron chi connectivity index (χ2n) is 4.79. The molecule has 0 saturated carbocycles. The molecular weight excluding hydrogens is 222 g/mol. The lowest BCUT2D eigenvalue weighted by Gasteiger charge is -2.09. The van der Waals surface area contributed by atoms with Crippen LogP contribution in [0.3, 0.4) is 0 Å². The minimum atomic E-state index is 0.955. The number of rotatable bonds is 4. The van der Waals surface area contributed by atoms with Crippen LogP contribution < -0.4 is 5.32 Å². The third-order valence-corrected chi connectivity index (χ3v) is 3.35. The minimum Gasteiger partial charge on any atom is -0.331 e. The number of nitrogens with one attached hydrogen (secondary N) is 1. The van der Waals surface area contributed by atoms with Gasteiger partial charge in [0.2, 0.25) is 0 Å². The van der Waals surface area contributed by atoms with Crippen LogP contribution >= 0.6 is 0 Å². The second kappa shape index (κ2) is 5.36. The lowest BCUT2D eigenvalue weighted by molar-refractivity contribution is 0.720. The minimum absolute atomic E-state index is 0.955. The summed E-state index contributed by atoms with van der Waals surface area (Å²) in [6.45, 7) is 5.23. The lowest BCUT2D eigenvalue weighted by atomic mass is 10.0. The Bertz CT molecular complexity index is 541. The summed E-state index contributed by atoms with van der Waals surface area (Å²) >= 11 is 0. The molecule has 0 unspecified atom stereocenters. The molecule has 0 amide bonds. The van der Waals surface area contributed by atoms with E-state index in [4.69, 9.17) is 0 Å². The van der Waals surface area contributed by atoms with Crippen molar-refractivity contribution in [2.75, 3.05) is 13.6 Å². The van der Waals surface area contributed by atoms with Crippen LogP contribution in [0, 0.1) is 13.8 Å². The first-order valence-electron chi connectivity index (χ1n) is 6.36. The summed E-state index contributed by atoms with van der Waals surface area (Å²) < 4.78 is 2.19. The maximum atomic E-state index is 4.52. The maximum Gasteiger partial charge on any atom is 0.110 e. The molecule has 0 aliphatic carbocycles. The average molecular weight is 243 g/mol. The van der Waals surface area contributed by atoms with Gasteiger partial charge in [0, 0.05) is 25.6 Å². The Hall–Kier alpha value is -1.61. The molecule has 96 valence electrons. The number of hydrogen-bond donors (Lipinski definition) is 1. The first-order valence-corrected chi connectivity index (χ1v) is 6.36. The molecule has 1 aromatic carbocycles. The van der Waals surface area contributed by atoms with Crippen molar-refractivity contribution in [2.24, 2.45) is 7.05 Å². The fourth-order valence-electron chi connectivity index (χ4n) is 2.18. The molecule has 18 heavy (non-hydrogen) atoms. The molecule has 2 rings (SSSR count). The Morgan fingerprint density at radius 1 is 1.28 bits per heavy atom. The summed E-state index contributed by atoms with van der Waals surface area (Å²) in [5.74, 6) is 1.13. The fraction of sp³-hybridized carbons (Fsp3) is 0.400. The molecule has 2 aromatic rings. The average Bonchev–Trinajstić information content (AvgIpc) is 2.71. The van der Waals surface area contributed by atoms with Crippen molar-refractivity contribution in [1.82, 2.24) is 14.9 Å². The highest BCUT2D eigenvalue weighted by molar-refractivity contribution is 5.64. The predicted molar refractivity (Wildman–Crippen MR) is 75.7 cm³/mol. The van der Waals surface area contributed by atoms with Gasteiger partial charge in [0.1, 0.15) is 5.82 Å². The summed E-state index contributed by atoms with van der Waals surface area (Å²) in [5.41, 5.74) is 5.06. The lowest BCUT2D eigenvalue weighted by Crippen LogP contribution is -2.13. The number of imidazole rings is 1. The van der Waals surface area contributed by atoms with Gasteiger partial charge in [-0.3, -0.25) is 0 Å². The van der Waals surface area contributed by atoms with Crippen molar-refractivity contribution in [2.45, 2.75) is 20.3 Å². The molecule has 1 N–H and O–H groups in total. The highest BCUT2D eigenvalue weighted by Gasteiger charge is 2.10. The Balaban J connectivity index is 2.39. The predicted octanol–water partition coefficient (Wildman–Crippen LogP) is 2.47. The van der Waals surface area contributed by atoms with Gasteiger partial charge in [-0.2, -0.15) is 0 Å². The molecule has 3 heteroatoms. The Morgan fingerprint density at radius 2 is 2.06 bits per heavy atom. The van der Waals surface area contributed by atoms with Gasteiger partial charge in [-0.05, 0) is 32.5 Å². The van der Waals surface area contributed by atoms with Crippen molar-refractivity contribution in [3.05, 3.63) is 41.3 Å². The number of aryl methyl sites for hydroxylation is 2. The fourth-order valence-corrected chi connectivity index (χ4v) is 2.18. The maximum absolute atomic E-state index is 4.52. The topological polar surface area (TPSA) is 29.9 Å². The standard InChI is InChI=1S/C15H21N3/c1-11-5-6-12(2)13(9-11)14-10-17-15(18(14)4)7-8-16-3/h5-6,9-10,16H,7-8H2,1-4H3. The van der Waals surface area contributed by atoms with Crippen molar-refractivity contribution in [3.8, 4) is 11.3 Å². The van der Waals surface area contributed by atoms with E-state index < -0.39 is 0 Å². The summed E-state index contributed by atoms with van der Waals surface area (Å²) in [6, 6.07) is 6.55. The van der Waals surface area contributed by atoms with E-state index in [1.807, 2.05) is 13.2 Å². The smallest absolute Gasteiger partial charge is 0.110 e. The van der Waals surface area contributed by atoms with E-state index in [1.54, 1.807) is 0 Å². The molecule has 0 aliphatic rings. The van der Waals surface area contributed by atoms with E-state index in [0.29, 0.717) is 0 Å². The summed E-state index contributed by atoms with van der Waals surface area (Å²) in [7, 11) is 4.06. The molecule has 0 aliphatic heterocycles. The van der Waals surface area contributed by atoms with Gasteiger partial charge >= 0.3 is 0 Å². The highest BCUT2D eigenvalue weighted by Crippen LogP contribution is 2.24. The SMILES string of the molecule is CNCCc1ncc(-c2cc(C)ccc2C)n1C. The number of benzene rings is 1. The van der Waals surface area contributed by atoms with Crippen LogP contribution in [0.25, 0.3) is 11.3 Å². The van der Waals surface area contributed by atoms with Crippen LogP contribution in [0.2, 0.25) is 0 Å². The van der Waals surface area contributed by atoms with Gasteiger partial charge in [-0.25, -0.2) is 4.98 Å². The van der Waals surface area contributed by atoms with Gasteiger partial charge in [-0.1, -0.05) is 17.7 Å². The van der Waals surface area contributed by atoms with Gasteiger partial charge in [0.15, 0.2) is 0 Å². The van der Waals surface area contributed by atoms with Crippen LogP contribution in [0.15, 0.2) is 24.4 Å². The molecular formula is C15H21N3. The van der Waals surface area contributed by atoms with E-state index in [0.717, 1.165) is 18.8 Å². The van der Waals surface area contributed by atoms with Crippen LogP contribution in [0.1, 0.15) is 17.0 Å². The van der Waals surface area contributed by atoms with E-state index in [2.05, 4.69) is 54.0 Å². The molecule has 0 fully saturated rings. The molecule has 0 saturated heterocycles. The first kappa shape index (κ1) is 12.8. The summed E-state index contributed by atoms with van der Waals surface area (Å²) in [4.78, 5) is 4.52. The van der Waals surface area contributed by atoms with Gasteiger partial charge < -0.3 is 9.88 Å². The van der Waals surface area contributed by atoms with Crippen molar-refractivity contribution in [1.29, 1.82) is 0 Å². The first-order chi connectivity index (χ1) is 8.63. The molecule has 3 nitrogen and oxygen atoms in total. The zero-order valence-electron chi connectivity index (χ0n) is 11.6. The van der Waals surface area contributed by atoms with E-state index in [-0.39, 0.29) is 0 Å². The molecule has 0 atom stereocenters. The third kappa shape index (κ3) is 2.46. The van der Waals surface area contributed by atoms with E-state index >= 15 is 0 Å². The molecule has 1 aromatic heterocycles. The number of nitrogens with zero attached hydrogens (tertiary/aromatic N) is 2. The van der Waals surface area contributed by atoms with Gasteiger partial charge in [0.05, 0.1) is 11.9 Å². The molecule has 0 spiro atoms. The summed E-state index contributed by atoms with van der Waals surface area (Å²) in [5, 5.41) is 3.16. The van der Waals surface area contributed by atoms with E-state index in [1.165, 1.54) is 22.4 Å². The molecule has 0 bridgehead atoms. The Kier molecular flexibility index (Phi) is 3.82. The Labute approximate surface area is 109 Å². The van der Waals surface area contributed by atoms with Gasteiger partial charge in [0.25, 0.3) is 0 Å². The number of likely N-dealkylation sites (N-methyl/N-ethyl adjacent to an activating group) is 1. The van der Waals surface area contributed by atoms with Crippen molar-refractivity contribution >= 4 is 0 Å². The van der Waals surface area contributed by atoms with E-state index in [9.17, 15) is 0 Å². The van der Waals surface area contributed by atoms with Gasteiger partial charge in [-0.15, -0.1) is 0 Å². The quantitative estimate of drug-likeness (QED) is 0.894. The van der Waals surface area contributed by atoms with Crippen LogP contribution in [-0.4, -0.2) is 23.1 Å². The summed E-state index contributed by atoms with van der Waals surface area (Å²) in [6.07, 6.45) is 2.94. The monoisotopic (exact) mass is 243 g/mol. The number of aromatic nitrogens is 2. The largest absolute Gasteiger partial charge is 0.331 e. The molecule has 1 heterocycles. The van der Waals surface area contributed by atoms with Crippen molar-refractivity contribution < 1.29 is 0 Å². The molecule has 0 radical (unpaired) electrons. The van der Waals surface area contributed by atoms with Crippen molar-refractivity contribution in [3.63, 3.8) is 0 Å². The van der Waals surface area contributed by atoms with Crippen LogP contribution in [0.5, 0.6) is 0 Å². The van der Waals surface area contributed by atoms with Crippen LogP contribution in [-0.2, 0) is 13.5 Å². The highest BCUT2D eigenvalue weighted by atomic mass is 15.1. The second-order valence-corrected chi connectivity index (χ2v) is 4.79. The Morgan fingerprint density at radius 3 is 2.78 bits per heavy atom.